The summed E-state index contributed by atoms with van der Waals surface area (Å²) >= 11 is 0. The number of amides is 2. The Balaban J connectivity index is 1.64. The number of benzene rings is 3. The van der Waals surface area contributed by atoms with Crippen LogP contribution in [-0.4, -0.2) is 22.8 Å². The Morgan fingerprint density at radius 2 is 1.70 bits per heavy atom. The molecular formula is C26H25N3O4. The van der Waals surface area contributed by atoms with Crippen LogP contribution in [0.5, 0.6) is 0 Å². The molecule has 2 amide bonds. The van der Waals surface area contributed by atoms with Crippen LogP contribution in [0.1, 0.15) is 54.1 Å². The van der Waals surface area contributed by atoms with Gasteiger partial charge in [-0.05, 0) is 54.8 Å². The van der Waals surface area contributed by atoms with Crippen LogP contribution in [0.15, 0.2) is 72.8 Å². The first-order valence-corrected chi connectivity index (χ1v) is 11.0. The molecule has 0 aromatic heterocycles. The van der Waals surface area contributed by atoms with Crippen molar-refractivity contribution in [1.82, 2.24) is 0 Å². The molecule has 7 heteroatoms. The monoisotopic (exact) mass is 443 g/mol. The molecule has 168 valence electrons. The summed E-state index contributed by atoms with van der Waals surface area (Å²) in [6.07, 6.45) is 1.16. The van der Waals surface area contributed by atoms with Gasteiger partial charge in [0.2, 0.25) is 5.91 Å². The molecule has 0 bridgehead atoms. The molecule has 1 heterocycles. The normalized spacial score (nSPS) is 17.2. The third kappa shape index (κ3) is 4.48. The number of nitro benzene ring substituents is 1. The average molecular weight is 444 g/mol. The Labute approximate surface area is 192 Å². The zero-order valence-corrected chi connectivity index (χ0v) is 18.5. The van der Waals surface area contributed by atoms with Crippen LogP contribution in [0, 0.1) is 10.1 Å². The van der Waals surface area contributed by atoms with Crippen LogP contribution in [0.2, 0.25) is 0 Å². The summed E-state index contributed by atoms with van der Waals surface area (Å²) < 4.78 is 0. The van der Waals surface area contributed by atoms with Crippen molar-refractivity contribution in [3.05, 3.63) is 99.6 Å². The van der Waals surface area contributed by atoms with Crippen LogP contribution in [0.4, 0.5) is 17.1 Å². The maximum atomic E-state index is 13.4. The lowest BCUT2D eigenvalue weighted by Crippen LogP contribution is -2.43. The molecule has 33 heavy (non-hydrogen) atoms. The van der Waals surface area contributed by atoms with Gasteiger partial charge in [-0.15, -0.1) is 0 Å². The zero-order valence-electron chi connectivity index (χ0n) is 18.5. The molecule has 0 saturated carbocycles. The third-order valence-electron chi connectivity index (χ3n) is 6.05. The zero-order chi connectivity index (χ0) is 23.5. The van der Waals surface area contributed by atoms with Gasteiger partial charge in [0.25, 0.3) is 11.6 Å². The van der Waals surface area contributed by atoms with Crippen molar-refractivity contribution in [1.29, 1.82) is 0 Å². The van der Waals surface area contributed by atoms with Crippen LogP contribution in [0.25, 0.3) is 0 Å². The predicted molar refractivity (Wildman–Crippen MR) is 128 cm³/mol. The van der Waals surface area contributed by atoms with Crippen molar-refractivity contribution in [2.24, 2.45) is 0 Å². The maximum Gasteiger partial charge on any atom is 0.269 e. The minimum absolute atomic E-state index is 0.0280. The van der Waals surface area contributed by atoms with E-state index >= 15 is 0 Å². The summed E-state index contributed by atoms with van der Waals surface area (Å²) in [7, 11) is 0. The average Bonchev–Trinajstić information content (AvgIpc) is 2.83. The Kier molecular flexibility index (Phi) is 6.22. The fourth-order valence-corrected chi connectivity index (χ4v) is 4.35. The van der Waals surface area contributed by atoms with E-state index < -0.39 is 4.92 Å². The van der Waals surface area contributed by atoms with Crippen LogP contribution in [-0.2, 0) is 4.79 Å². The van der Waals surface area contributed by atoms with Crippen LogP contribution >= 0.6 is 0 Å². The van der Waals surface area contributed by atoms with Crippen molar-refractivity contribution in [3.63, 3.8) is 0 Å². The van der Waals surface area contributed by atoms with Gasteiger partial charge in [-0.2, -0.15) is 0 Å². The van der Waals surface area contributed by atoms with Crippen molar-refractivity contribution in [2.75, 3.05) is 10.2 Å². The largest absolute Gasteiger partial charge is 0.326 e. The molecule has 1 aliphatic rings. The molecule has 7 nitrogen and oxygen atoms in total. The summed E-state index contributed by atoms with van der Waals surface area (Å²) in [6.45, 7) is 3.83. The molecule has 1 N–H and O–H groups in total. The summed E-state index contributed by atoms with van der Waals surface area (Å²) in [5.74, 6) is -0.103. The summed E-state index contributed by atoms with van der Waals surface area (Å²) in [5, 5.41) is 13.8. The van der Waals surface area contributed by atoms with Gasteiger partial charge in [-0.25, -0.2) is 0 Å². The molecule has 0 radical (unpaired) electrons. The molecule has 0 spiro atoms. The first kappa shape index (κ1) is 22.2. The lowest BCUT2D eigenvalue weighted by Gasteiger charge is -2.39. The van der Waals surface area contributed by atoms with Crippen molar-refractivity contribution in [3.8, 4) is 0 Å². The fraction of sp³-hybridized carbons (Fsp3) is 0.231. The summed E-state index contributed by atoms with van der Waals surface area (Å²) in [5.41, 5.74) is 4.14. The van der Waals surface area contributed by atoms with E-state index in [0.29, 0.717) is 12.0 Å². The summed E-state index contributed by atoms with van der Waals surface area (Å²) in [4.78, 5) is 37.3. The molecule has 3 aromatic rings. The number of carbonyl (C=O) groups excluding carboxylic acids is 2. The van der Waals surface area contributed by atoms with Crippen molar-refractivity contribution in [2.45, 2.75) is 38.6 Å². The van der Waals surface area contributed by atoms with Gasteiger partial charge in [-0.1, -0.05) is 37.3 Å². The third-order valence-corrected chi connectivity index (χ3v) is 6.05. The van der Waals surface area contributed by atoms with Crippen molar-refractivity contribution >= 4 is 28.9 Å². The van der Waals surface area contributed by atoms with Crippen LogP contribution < -0.4 is 10.2 Å². The second-order valence-corrected chi connectivity index (χ2v) is 8.20. The van der Waals surface area contributed by atoms with E-state index in [9.17, 15) is 19.7 Å². The molecule has 1 aliphatic heterocycles. The topological polar surface area (TPSA) is 92.6 Å². The smallest absolute Gasteiger partial charge is 0.269 e. The Bertz CT molecular complexity index is 1190. The first-order valence-electron chi connectivity index (χ1n) is 11.0. The van der Waals surface area contributed by atoms with Gasteiger partial charge in [0.1, 0.15) is 0 Å². The molecule has 0 aliphatic carbocycles. The van der Waals surface area contributed by atoms with Gasteiger partial charge in [-0.3, -0.25) is 19.7 Å². The van der Waals surface area contributed by atoms with Gasteiger partial charge < -0.3 is 10.2 Å². The number of nitro groups is 1. The number of non-ortho nitro benzene ring substituents is 1. The van der Waals surface area contributed by atoms with Gasteiger partial charge in [0.05, 0.1) is 4.92 Å². The van der Waals surface area contributed by atoms with Crippen LogP contribution in [0.3, 0.4) is 0 Å². The number of rotatable bonds is 5. The second kappa shape index (κ2) is 9.24. The highest BCUT2D eigenvalue weighted by molar-refractivity contribution is 6.07. The van der Waals surface area contributed by atoms with Crippen molar-refractivity contribution < 1.29 is 14.5 Å². The number of hydrogen-bond acceptors (Lipinski definition) is 4. The number of hydrogen-bond donors (Lipinski definition) is 1. The SMILES string of the molecule is CCC(=O)Nc1ccc(C2CC(C)N(C(=O)c3ccc([N+](=O)[O-])cc3)c3ccccc32)cc1. The van der Waals surface area contributed by atoms with E-state index in [1.54, 1.807) is 4.90 Å². The lowest BCUT2D eigenvalue weighted by molar-refractivity contribution is -0.384. The van der Waals surface area contributed by atoms with Gasteiger partial charge >= 0.3 is 0 Å². The highest BCUT2D eigenvalue weighted by Crippen LogP contribution is 2.42. The Morgan fingerprint density at radius 1 is 1.03 bits per heavy atom. The number of nitrogens with one attached hydrogen (secondary N) is 1. The number of carbonyl (C=O) groups is 2. The molecular weight excluding hydrogens is 418 g/mol. The van der Waals surface area contributed by atoms with Gasteiger partial charge in [0, 0.05) is 47.5 Å². The number of nitrogens with zero attached hydrogens (tertiary/aromatic N) is 2. The highest BCUT2D eigenvalue weighted by atomic mass is 16.6. The molecule has 4 rings (SSSR count). The quantitative estimate of drug-likeness (QED) is 0.415. The van der Waals surface area contributed by atoms with E-state index in [0.717, 1.165) is 28.9 Å². The van der Waals surface area contributed by atoms with E-state index in [1.165, 1.54) is 24.3 Å². The first-order chi connectivity index (χ1) is 15.9. The van der Waals surface area contributed by atoms with E-state index in [4.69, 9.17) is 0 Å². The molecule has 0 fully saturated rings. The highest BCUT2D eigenvalue weighted by Gasteiger charge is 2.34. The number of fused-ring (bicyclic) bond motifs is 1. The van der Waals surface area contributed by atoms with Gasteiger partial charge in [0.15, 0.2) is 0 Å². The standard InChI is InChI=1S/C26H25N3O4/c1-3-25(30)27-20-12-8-18(9-13-20)23-16-17(2)28(24-7-5-4-6-22(23)24)26(31)19-10-14-21(15-11-19)29(32)33/h4-15,17,23H,3,16H2,1-2H3,(H,27,30). The predicted octanol–water partition coefficient (Wildman–Crippen LogP) is 5.51. The number of para-hydroxylation sites is 1. The molecule has 2 atom stereocenters. The van der Waals surface area contributed by atoms with E-state index in [1.807, 2.05) is 62.4 Å². The minimum Gasteiger partial charge on any atom is -0.326 e. The van der Waals surface area contributed by atoms with E-state index in [-0.39, 0.29) is 29.5 Å². The molecule has 2 unspecified atom stereocenters. The second-order valence-electron chi connectivity index (χ2n) is 8.20. The Morgan fingerprint density at radius 3 is 2.33 bits per heavy atom. The fourth-order valence-electron chi connectivity index (χ4n) is 4.35. The molecule has 0 saturated heterocycles. The maximum absolute atomic E-state index is 13.4. The number of anilines is 2. The summed E-state index contributed by atoms with van der Waals surface area (Å²) in [6, 6.07) is 21.4. The van der Waals surface area contributed by atoms with E-state index in [2.05, 4.69) is 5.32 Å². The molecule has 3 aromatic carbocycles. The Hall–Kier alpha value is -4.00. The lowest BCUT2D eigenvalue weighted by atomic mass is 9.81. The minimum atomic E-state index is -0.476.